The predicted octanol–water partition coefficient (Wildman–Crippen LogP) is 2.84. The SMILES string of the molecule is Cc1ccccc1[S-](=O)=NCC(=O)OC(C)(C)C. The van der Waals surface area contributed by atoms with Gasteiger partial charge in [-0.05, 0) is 27.7 Å². The summed E-state index contributed by atoms with van der Waals surface area (Å²) in [6, 6.07) is 7.26. The lowest BCUT2D eigenvalue weighted by Gasteiger charge is -2.19. The van der Waals surface area contributed by atoms with Gasteiger partial charge in [0.2, 0.25) is 0 Å². The van der Waals surface area contributed by atoms with Gasteiger partial charge in [0.05, 0.1) is 0 Å². The summed E-state index contributed by atoms with van der Waals surface area (Å²) in [5.41, 5.74) is 0.347. The quantitative estimate of drug-likeness (QED) is 0.625. The number of rotatable bonds is 3. The zero-order valence-corrected chi connectivity index (χ0v) is 11.9. The Morgan fingerprint density at radius 2 is 1.94 bits per heavy atom. The number of hydrogen-bond donors (Lipinski definition) is 0. The van der Waals surface area contributed by atoms with Crippen LogP contribution in [0.1, 0.15) is 26.3 Å². The third-order valence-electron chi connectivity index (χ3n) is 2.01. The van der Waals surface area contributed by atoms with Crippen LogP contribution >= 0.6 is 0 Å². The second-order valence-electron chi connectivity index (χ2n) is 4.89. The summed E-state index contributed by atoms with van der Waals surface area (Å²) in [6.45, 7) is 7.00. The van der Waals surface area contributed by atoms with Crippen molar-refractivity contribution in [2.75, 3.05) is 6.54 Å². The summed E-state index contributed by atoms with van der Waals surface area (Å²) < 4.78 is 20.8. The molecule has 0 aliphatic rings. The van der Waals surface area contributed by atoms with Crippen LogP contribution in [0.2, 0.25) is 0 Å². The summed E-state index contributed by atoms with van der Waals surface area (Å²) >= 11 is 0. The molecular weight excluding hydrogens is 250 g/mol. The molecule has 18 heavy (non-hydrogen) atoms. The van der Waals surface area contributed by atoms with Crippen molar-refractivity contribution in [1.29, 1.82) is 0 Å². The first-order valence-corrected chi connectivity index (χ1v) is 6.77. The standard InChI is InChI=1S/C13H18NO3S/c1-10-7-5-6-8-11(10)18(16)14-9-12(15)17-13(2,3)4/h5-8H,9H2,1-4H3/q-1. The van der Waals surface area contributed by atoms with Gasteiger partial charge in [-0.3, -0.25) is 4.79 Å². The molecule has 100 valence electrons. The monoisotopic (exact) mass is 268 g/mol. The van der Waals surface area contributed by atoms with Gasteiger partial charge in [0.1, 0.15) is 12.1 Å². The van der Waals surface area contributed by atoms with Crippen molar-refractivity contribution in [2.24, 2.45) is 4.36 Å². The highest BCUT2D eigenvalue weighted by atomic mass is 32.2. The average Bonchev–Trinajstić information content (AvgIpc) is 2.24. The first kappa shape index (κ1) is 14.7. The third kappa shape index (κ3) is 4.87. The lowest BCUT2D eigenvalue weighted by atomic mass is 10.2. The van der Waals surface area contributed by atoms with Crippen molar-refractivity contribution in [1.82, 2.24) is 0 Å². The minimum absolute atomic E-state index is 0.196. The summed E-state index contributed by atoms with van der Waals surface area (Å²) in [5.74, 6) is -0.468. The summed E-state index contributed by atoms with van der Waals surface area (Å²) in [4.78, 5) is 12.1. The molecule has 1 aromatic carbocycles. The first-order chi connectivity index (χ1) is 8.29. The summed E-state index contributed by atoms with van der Waals surface area (Å²) in [5, 5.41) is 0. The molecule has 0 fully saturated rings. The van der Waals surface area contributed by atoms with E-state index < -0.39 is 22.2 Å². The van der Waals surface area contributed by atoms with Gasteiger partial charge >= 0.3 is 5.97 Å². The van der Waals surface area contributed by atoms with E-state index in [4.69, 9.17) is 4.74 Å². The Hall–Kier alpha value is -1.36. The molecule has 0 bridgehead atoms. The first-order valence-electron chi connectivity index (χ1n) is 5.66. The van der Waals surface area contributed by atoms with E-state index in [0.717, 1.165) is 5.56 Å². The van der Waals surface area contributed by atoms with Crippen LogP contribution in [0.4, 0.5) is 0 Å². The smallest absolute Gasteiger partial charge is 0.325 e. The van der Waals surface area contributed by atoms with Gasteiger partial charge < -0.3 is 13.3 Å². The number of aryl methyl sites for hydroxylation is 1. The molecule has 0 heterocycles. The number of carbonyl (C=O) groups excluding carboxylic acids is 1. The molecule has 0 spiro atoms. The molecular formula is C13H18NO3S-. The number of ether oxygens (including phenoxy) is 1. The van der Waals surface area contributed by atoms with Crippen molar-refractivity contribution in [3.8, 4) is 0 Å². The van der Waals surface area contributed by atoms with Gasteiger partial charge in [-0.25, -0.2) is 0 Å². The third-order valence-corrected chi connectivity index (χ3v) is 3.21. The lowest BCUT2D eigenvalue weighted by Crippen LogP contribution is -2.25. The van der Waals surface area contributed by atoms with E-state index in [1.807, 2.05) is 19.1 Å². The molecule has 1 aromatic rings. The van der Waals surface area contributed by atoms with Gasteiger partial charge in [0.25, 0.3) is 0 Å². The Morgan fingerprint density at radius 1 is 1.33 bits per heavy atom. The minimum atomic E-state index is -1.52. The van der Waals surface area contributed by atoms with Crippen LogP contribution in [0, 0.1) is 6.92 Å². The number of carbonyl (C=O) groups is 1. The molecule has 0 saturated carbocycles. The van der Waals surface area contributed by atoms with E-state index in [9.17, 15) is 9.00 Å². The van der Waals surface area contributed by atoms with Gasteiger partial charge in [-0.15, -0.1) is 0 Å². The fraction of sp³-hybridized carbons (Fsp3) is 0.462. The number of nitrogens with zero attached hydrogens (tertiary/aromatic N) is 1. The fourth-order valence-electron chi connectivity index (χ4n) is 1.31. The Bertz CT molecular complexity index is 511. The summed E-state index contributed by atoms with van der Waals surface area (Å²) in [7, 11) is -1.52. The van der Waals surface area contributed by atoms with Crippen LogP contribution < -0.4 is 0 Å². The van der Waals surface area contributed by atoms with Gasteiger partial charge in [-0.1, -0.05) is 34.7 Å². The second-order valence-corrected chi connectivity index (χ2v) is 6.08. The molecule has 5 heteroatoms. The minimum Gasteiger partial charge on any atom is -0.459 e. The van der Waals surface area contributed by atoms with E-state index in [-0.39, 0.29) is 6.54 Å². The molecule has 0 unspecified atom stereocenters. The predicted molar refractivity (Wildman–Crippen MR) is 70.6 cm³/mol. The van der Waals surface area contributed by atoms with Crippen LogP contribution in [0.5, 0.6) is 0 Å². The Kier molecular flexibility index (Phi) is 4.90. The maximum atomic E-state index is 11.9. The Labute approximate surface area is 110 Å². The molecule has 0 aliphatic carbocycles. The highest BCUT2D eigenvalue weighted by Gasteiger charge is 2.14. The van der Waals surface area contributed by atoms with Gasteiger partial charge in [-0.2, -0.15) is 10.6 Å². The number of esters is 1. The van der Waals surface area contributed by atoms with E-state index >= 15 is 0 Å². The van der Waals surface area contributed by atoms with E-state index in [0.29, 0.717) is 4.90 Å². The largest absolute Gasteiger partial charge is 0.459 e. The fourth-order valence-corrected chi connectivity index (χ4v) is 2.21. The molecule has 0 saturated heterocycles. The molecule has 4 nitrogen and oxygen atoms in total. The Balaban J connectivity index is 2.72. The van der Waals surface area contributed by atoms with Crippen molar-refractivity contribution in [2.45, 2.75) is 38.2 Å². The van der Waals surface area contributed by atoms with Gasteiger partial charge in [0.15, 0.2) is 0 Å². The molecule has 0 atom stereocenters. The highest BCUT2D eigenvalue weighted by molar-refractivity contribution is 7.75. The topological polar surface area (TPSA) is 55.7 Å². The van der Waals surface area contributed by atoms with E-state index in [2.05, 4.69) is 4.36 Å². The normalized spacial score (nSPS) is 13.3. The van der Waals surface area contributed by atoms with E-state index in [1.54, 1.807) is 32.9 Å². The van der Waals surface area contributed by atoms with Crippen LogP contribution in [-0.4, -0.2) is 18.1 Å². The number of benzene rings is 1. The molecule has 0 aliphatic heterocycles. The van der Waals surface area contributed by atoms with Crippen LogP contribution in [-0.2, 0) is 24.3 Å². The maximum absolute atomic E-state index is 11.9. The second kappa shape index (κ2) is 6.00. The van der Waals surface area contributed by atoms with Gasteiger partial charge in [0, 0.05) is 0 Å². The molecule has 0 aromatic heterocycles. The van der Waals surface area contributed by atoms with Crippen molar-refractivity contribution in [3.63, 3.8) is 0 Å². The van der Waals surface area contributed by atoms with Crippen molar-refractivity contribution in [3.05, 3.63) is 29.8 Å². The van der Waals surface area contributed by atoms with Crippen LogP contribution in [0.25, 0.3) is 0 Å². The zero-order chi connectivity index (χ0) is 13.8. The molecule has 0 radical (unpaired) electrons. The summed E-state index contributed by atoms with van der Waals surface area (Å²) in [6.07, 6.45) is 0. The number of hydrogen-bond acceptors (Lipinski definition) is 5. The van der Waals surface area contributed by atoms with Crippen LogP contribution in [0.15, 0.2) is 33.5 Å². The lowest BCUT2D eigenvalue weighted by molar-refractivity contribution is -0.152. The van der Waals surface area contributed by atoms with Crippen molar-refractivity contribution < 1.29 is 13.7 Å². The Morgan fingerprint density at radius 3 is 2.50 bits per heavy atom. The molecule has 0 amide bonds. The zero-order valence-electron chi connectivity index (χ0n) is 11.1. The molecule has 0 N–H and O–H groups in total. The molecule has 1 rings (SSSR count). The van der Waals surface area contributed by atoms with Crippen LogP contribution in [0.3, 0.4) is 0 Å². The van der Waals surface area contributed by atoms with E-state index in [1.165, 1.54) is 0 Å². The van der Waals surface area contributed by atoms with Crippen molar-refractivity contribution >= 4 is 16.6 Å². The highest BCUT2D eigenvalue weighted by Crippen LogP contribution is 2.10. The maximum Gasteiger partial charge on any atom is 0.325 e. The average molecular weight is 268 g/mol.